The summed E-state index contributed by atoms with van der Waals surface area (Å²) in [5.41, 5.74) is 1.77. The van der Waals surface area contributed by atoms with E-state index in [2.05, 4.69) is 5.32 Å². The number of amides is 2. The molecular weight excluding hydrogens is 645 g/mol. The van der Waals surface area contributed by atoms with Crippen molar-refractivity contribution in [1.29, 1.82) is 0 Å². The molecule has 0 aliphatic heterocycles. The zero-order valence-corrected chi connectivity index (χ0v) is 28.2. The van der Waals surface area contributed by atoms with Gasteiger partial charge in [0.1, 0.15) is 18.3 Å². The highest BCUT2D eigenvalue weighted by Crippen LogP contribution is 2.27. The maximum atomic E-state index is 14.5. The fourth-order valence-corrected chi connectivity index (χ4v) is 6.57. The van der Waals surface area contributed by atoms with Gasteiger partial charge in [-0.2, -0.15) is 0 Å². The second kappa shape index (κ2) is 16.0. The molecule has 8 nitrogen and oxygen atoms in total. The Morgan fingerprint density at radius 3 is 2.09 bits per heavy atom. The minimum absolute atomic E-state index is 0.0169. The molecule has 0 saturated heterocycles. The number of nitrogens with one attached hydrogen (secondary N) is 1. The molecule has 0 bridgehead atoms. The standard InChI is InChI=1S/C35H37Cl2N3O5S/c1-25(2)22-38-35(42)33(21-26-8-5-4-6-9-26)39(23-27-10-7-11-29(37)20-27)34(41)24-40(30-14-12-28(36)13-15-30)46(43,44)32-18-16-31(45-3)17-19-32/h4-20,25,33H,21-24H2,1-3H3,(H,38,42)/t33-/m1/s1. The van der Waals surface area contributed by atoms with Crippen molar-refractivity contribution in [3.63, 3.8) is 0 Å². The molecule has 4 aromatic rings. The molecule has 0 radical (unpaired) electrons. The van der Waals surface area contributed by atoms with Crippen molar-refractivity contribution in [2.24, 2.45) is 5.92 Å². The van der Waals surface area contributed by atoms with Crippen LogP contribution in [0.4, 0.5) is 5.69 Å². The van der Waals surface area contributed by atoms with Crippen LogP contribution in [0, 0.1) is 5.92 Å². The monoisotopic (exact) mass is 681 g/mol. The lowest BCUT2D eigenvalue weighted by molar-refractivity contribution is -0.140. The number of nitrogens with zero attached hydrogens (tertiary/aromatic N) is 2. The lowest BCUT2D eigenvalue weighted by Crippen LogP contribution is -2.53. The first-order chi connectivity index (χ1) is 22.0. The number of rotatable bonds is 14. The number of carbonyl (C=O) groups excluding carboxylic acids is 2. The fraction of sp³-hybridized carbons (Fsp3) is 0.257. The second-order valence-electron chi connectivity index (χ2n) is 11.2. The van der Waals surface area contributed by atoms with Crippen LogP contribution in [0.5, 0.6) is 5.75 Å². The van der Waals surface area contributed by atoms with Gasteiger partial charge >= 0.3 is 0 Å². The van der Waals surface area contributed by atoms with Gasteiger partial charge in [0.05, 0.1) is 17.7 Å². The van der Waals surface area contributed by atoms with Crippen LogP contribution in [-0.2, 0) is 32.6 Å². The number of hydrogen-bond donors (Lipinski definition) is 1. The molecule has 242 valence electrons. The summed E-state index contributed by atoms with van der Waals surface area (Å²) in [7, 11) is -2.77. The van der Waals surface area contributed by atoms with Gasteiger partial charge < -0.3 is 15.0 Å². The van der Waals surface area contributed by atoms with E-state index in [-0.39, 0.29) is 35.4 Å². The van der Waals surface area contributed by atoms with Crippen LogP contribution in [-0.4, -0.2) is 51.4 Å². The highest BCUT2D eigenvalue weighted by molar-refractivity contribution is 7.92. The Morgan fingerprint density at radius 2 is 1.48 bits per heavy atom. The van der Waals surface area contributed by atoms with Crippen molar-refractivity contribution >= 4 is 50.7 Å². The number of halogens is 2. The van der Waals surface area contributed by atoms with Gasteiger partial charge in [-0.15, -0.1) is 0 Å². The Labute approximate surface area is 280 Å². The fourth-order valence-electron chi connectivity index (χ4n) is 4.82. The normalized spacial score (nSPS) is 12.0. The number of hydrogen-bond acceptors (Lipinski definition) is 5. The predicted octanol–water partition coefficient (Wildman–Crippen LogP) is 6.61. The summed E-state index contributed by atoms with van der Waals surface area (Å²) in [4.78, 5) is 29.7. The Bertz CT molecular complexity index is 1720. The minimum atomic E-state index is -4.26. The summed E-state index contributed by atoms with van der Waals surface area (Å²) in [5.74, 6) is -0.262. The lowest BCUT2D eigenvalue weighted by atomic mass is 10.0. The topological polar surface area (TPSA) is 96.0 Å². The van der Waals surface area contributed by atoms with Crippen LogP contribution >= 0.6 is 23.2 Å². The van der Waals surface area contributed by atoms with E-state index >= 15 is 0 Å². The third-order valence-corrected chi connectivity index (χ3v) is 9.51. The Morgan fingerprint density at radius 1 is 0.826 bits per heavy atom. The van der Waals surface area contributed by atoms with Gasteiger partial charge in [0.15, 0.2) is 0 Å². The molecule has 11 heteroatoms. The van der Waals surface area contributed by atoms with Crippen LogP contribution in [0.1, 0.15) is 25.0 Å². The number of anilines is 1. The molecule has 1 N–H and O–H groups in total. The lowest BCUT2D eigenvalue weighted by Gasteiger charge is -2.34. The zero-order valence-electron chi connectivity index (χ0n) is 25.9. The maximum Gasteiger partial charge on any atom is 0.264 e. The Balaban J connectivity index is 1.79. The molecule has 0 fully saturated rings. The summed E-state index contributed by atoms with van der Waals surface area (Å²) >= 11 is 12.4. The number of sulfonamides is 1. The predicted molar refractivity (Wildman–Crippen MR) is 183 cm³/mol. The van der Waals surface area contributed by atoms with Crippen molar-refractivity contribution in [2.45, 2.75) is 37.8 Å². The van der Waals surface area contributed by atoms with Gasteiger partial charge in [-0.05, 0) is 77.7 Å². The molecule has 0 aliphatic carbocycles. The highest BCUT2D eigenvalue weighted by Gasteiger charge is 2.34. The summed E-state index contributed by atoms with van der Waals surface area (Å²) in [6.45, 7) is 3.80. The first-order valence-electron chi connectivity index (χ1n) is 14.8. The molecule has 0 unspecified atom stereocenters. The van der Waals surface area contributed by atoms with Crippen LogP contribution in [0.3, 0.4) is 0 Å². The summed E-state index contributed by atoms with van der Waals surface area (Å²) < 4.78 is 34.5. The van der Waals surface area contributed by atoms with E-state index in [1.807, 2.05) is 50.2 Å². The van der Waals surface area contributed by atoms with E-state index in [0.717, 1.165) is 9.87 Å². The van der Waals surface area contributed by atoms with E-state index in [9.17, 15) is 18.0 Å². The third-order valence-electron chi connectivity index (χ3n) is 7.24. The van der Waals surface area contributed by atoms with Crippen LogP contribution < -0.4 is 14.4 Å². The largest absolute Gasteiger partial charge is 0.497 e. The molecule has 1 atom stereocenters. The minimum Gasteiger partial charge on any atom is -0.497 e. The van der Waals surface area contributed by atoms with Gasteiger partial charge in [-0.3, -0.25) is 13.9 Å². The molecular formula is C35H37Cl2N3O5S. The Kier molecular flexibility index (Phi) is 12.1. The average Bonchev–Trinajstić information content (AvgIpc) is 3.05. The molecule has 4 aromatic carbocycles. The summed E-state index contributed by atoms with van der Waals surface area (Å²) in [5, 5.41) is 3.85. The van der Waals surface area contributed by atoms with Gasteiger partial charge in [0.25, 0.3) is 10.0 Å². The SMILES string of the molecule is COc1ccc(S(=O)(=O)N(CC(=O)N(Cc2cccc(Cl)c2)[C@H](Cc2ccccc2)C(=O)NCC(C)C)c2ccc(Cl)cc2)cc1. The van der Waals surface area contributed by atoms with Crippen molar-refractivity contribution in [3.05, 3.63) is 124 Å². The Hall–Kier alpha value is -4.05. The van der Waals surface area contributed by atoms with Gasteiger partial charge in [0.2, 0.25) is 11.8 Å². The van der Waals surface area contributed by atoms with Gasteiger partial charge in [0, 0.05) is 29.6 Å². The van der Waals surface area contributed by atoms with E-state index in [4.69, 9.17) is 27.9 Å². The van der Waals surface area contributed by atoms with Crippen LogP contribution in [0.15, 0.2) is 108 Å². The average molecular weight is 683 g/mol. The quantitative estimate of drug-likeness (QED) is 0.162. The van der Waals surface area contributed by atoms with E-state index in [0.29, 0.717) is 27.9 Å². The van der Waals surface area contributed by atoms with E-state index < -0.39 is 28.5 Å². The van der Waals surface area contributed by atoms with Crippen molar-refractivity contribution in [1.82, 2.24) is 10.2 Å². The molecule has 4 rings (SSSR count). The van der Waals surface area contributed by atoms with E-state index in [1.54, 1.807) is 30.3 Å². The maximum absolute atomic E-state index is 14.5. The van der Waals surface area contributed by atoms with Gasteiger partial charge in [-0.1, -0.05) is 79.5 Å². The highest BCUT2D eigenvalue weighted by atomic mass is 35.5. The van der Waals surface area contributed by atoms with Crippen molar-refractivity contribution in [3.8, 4) is 5.75 Å². The smallest absolute Gasteiger partial charge is 0.264 e. The first-order valence-corrected chi connectivity index (χ1v) is 17.0. The molecule has 0 saturated carbocycles. The van der Waals surface area contributed by atoms with Crippen LogP contribution in [0.25, 0.3) is 0 Å². The first kappa shape index (κ1) is 34.8. The number of carbonyl (C=O) groups is 2. The molecule has 0 aliphatic rings. The van der Waals surface area contributed by atoms with Gasteiger partial charge in [-0.25, -0.2) is 8.42 Å². The molecule has 0 heterocycles. The molecule has 46 heavy (non-hydrogen) atoms. The third kappa shape index (κ3) is 9.25. The van der Waals surface area contributed by atoms with Crippen LogP contribution in [0.2, 0.25) is 10.0 Å². The second-order valence-corrected chi connectivity index (χ2v) is 13.9. The number of ether oxygens (including phenoxy) is 1. The van der Waals surface area contributed by atoms with Crippen molar-refractivity contribution < 1.29 is 22.7 Å². The van der Waals surface area contributed by atoms with Crippen molar-refractivity contribution in [2.75, 3.05) is 24.5 Å². The molecule has 2 amide bonds. The summed E-state index contributed by atoms with van der Waals surface area (Å²) in [6, 6.07) is 27.5. The van der Waals surface area contributed by atoms with E-state index in [1.165, 1.54) is 48.4 Å². The zero-order chi connectivity index (χ0) is 33.3. The number of benzene rings is 4. The summed E-state index contributed by atoms with van der Waals surface area (Å²) in [6.07, 6.45) is 0.212. The molecule has 0 aromatic heterocycles. The number of methoxy groups -OCH3 is 1. The molecule has 0 spiro atoms.